The predicted octanol–water partition coefficient (Wildman–Crippen LogP) is 2.36. The molecule has 2 aliphatic heterocycles. The highest BCUT2D eigenvalue weighted by molar-refractivity contribution is 5.70. The van der Waals surface area contributed by atoms with Crippen LogP contribution < -0.4 is 16.0 Å². The molecular formula is C18H22FN5. The van der Waals surface area contributed by atoms with Gasteiger partial charge in [0.15, 0.2) is 0 Å². The van der Waals surface area contributed by atoms with Crippen LogP contribution in [0, 0.1) is 18.7 Å². The first-order valence-electron chi connectivity index (χ1n) is 8.50. The third-order valence-electron chi connectivity index (χ3n) is 5.13. The quantitative estimate of drug-likeness (QED) is 0.886. The molecule has 0 bridgehead atoms. The van der Waals surface area contributed by atoms with Gasteiger partial charge in [0.1, 0.15) is 11.6 Å². The minimum absolute atomic E-state index is 0.234. The topological polar surface area (TPSA) is 67.1 Å². The number of piperidine rings is 1. The van der Waals surface area contributed by atoms with E-state index in [9.17, 15) is 4.39 Å². The summed E-state index contributed by atoms with van der Waals surface area (Å²) in [6.45, 7) is 5.00. The molecule has 126 valence electrons. The van der Waals surface area contributed by atoms with Crippen LogP contribution in [0.4, 0.5) is 16.2 Å². The van der Waals surface area contributed by atoms with Crippen LogP contribution in [0.5, 0.6) is 0 Å². The molecule has 2 atom stereocenters. The van der Waals surface area contributed by atoms with Crippen LogP contribution in [0.3, 0.4) is 0 Å². The van der Waals surface area contributed by atoms with E-state index in [1.807, 2.05) is 13.0 Å². The molecule has 2 aromatic rings. The monoisotopic (exact) mass is 327 g/mol. The number of benzene rings is 1. The number of aromatic nitrogens is 2. The molecule has 4 rings (SSSR count). The maximum absolute atomic E-state index is 13.6. The number of halogens is 1. The smallest absolute Gasteiger partial charge is 0.222 e. The van der Waals surface area contributed by atoms with Crippen LogP contribution in [0.15, 0.2) is 24.3 Å². The molecular weight excluding hydrogens is 305 g/mol. The van der Waals surface area contributed by atoms with Gasteiger partial charge in [-0.2, -0.15) is 4.98 Å². The number of anilines is 2. The summed E-state index contributed by atoms with van der Waals surface area (Å²) >= 11 is 0. The van der Waals surface area contributed by atoms with E-state index in [4.69, 9.17) is 5.73 Å². The molecule has 5 nitrogen and oxygen atoms in total. The summed E-state index contributed by atoms with van der Waals surface area (Å²) in [7, 11) is 0. The van der Waals surface area contributed by atoms with Gasteiger partial charge in [-0.25, -0.2) is 9.37 Å². The van der Waals surface area contributed by atoms with Crippen molar-refractivity contribution in [1.29, 1.82) is 0 Å². The van der Waals surface area contributed by atoms with Gasteiger partial charge in [-0.1, -0.05) is 12.1 Å². The Morgan fingerprint density at radius 2 is 2.17 bits per heavy atom. The first kappa shape index (κ1) is 15.3. The van der Waals surface area contributed by atoms with Gasteiger partial charge >= 0.3 is 0 Å². The van der Waals surface area contributed by atoms with Gasteiger partial charge in [0, 0.05) is 30.3 Å². The molecule has 1 aromatic heterocycles. The van der Waals surface area contributed by atoms with Gasteiger partial charge in [0.05, 0.1) is 5.69 Å². The zero-order valence-electron chi connectivity index (χ0n) is 13.8. The fraction of sp³-hybridized carbons (Fsp3) is 0.444. The summed E-state index contributed by atoms with van der Waals surface area (Å²) in [5, 5.41) is 3.60. The van der Waals surface area contributed by atoms with E-state index in [-0.39, 0.29) is 11.8 Å². The number of nitrogen functional groups attached to an aromatic ring is 1. The van der Waals surface area contributed by atoms with Gasteiger partial charge in [-0.3, -0.25) is 0 Å². The van der Waals surface area contributed by atoms with Crippen LogP contribution in [-0.4, -0.2) is 35.6 Å². The molecule has 0 radical (unpaired) electrons. The molecule has 2 unspecified atom stereocenters. The minimum atomic E-state index is -0.276. The molecule has 2 fully saturated rings. The number of nitrogens with one attached hydrogen (secondary N) is 1. The van der Waals surface area contributed by atoms with Crippen molar-refractivity contribution < 1.29 is 4.39 Å². The number of fused-ring (bicyclic) bond motifs is 1. The van der Waals surface area contributed by atoms with Crippen molar-refractivity contribution >= 4 is 11.8 Å². The Bertz CT molecular complexity index is 749. The molecule has 0 amide bonds. The lowest BCUT2D eigenvalue weighted by molar-refractivity contribution is 0.340. The third-order valence-corrected chi connectivity index (χ3v) is 5.13. The highest BCUT2D eigenvalue weighted by Crippen LogP contribution is 2.33. The Morgan fingerprint density at radius 3 is 2.96 bits per heavy atom. The van der Waals surface area contributed by atoms with Crippen LogP contribution in [-0.2, 0) is 0 Å². The molecule has 0 spiro atoms. The normalized spacial score (nSPS) is 23.3. The number of hydrogen-bond acceptors (Lipinski definition) is 5. The summed E-state index contributed by atoms with van der Waals surface area (Å²) in [6.07, 6.45) is 2.49. The van der Waals surface area contributed by atoms with Crippen molar-refractivity contribution in [2.45, 2.75) is 25.8 Å². The first-order chi connectivity index (χ1) is 11.6. The zero-order chi connectivity index (χ0) is 16.7. The van der Waals surface area contributed by atoms with Crippen LogP contribution >= 0.6 is 0 Å². The SMILES string of the molecule is Cc1c(-c2cccc(F)c2)nc(N)nc1N1CC2CCCNC2C1. The summed E-state index contributed by atoms with van der Waals surface area (Å²) in [5.74, 6) is 1.49. The lowest BCUT2D eigenvalue weighted by Gasteiger charge is -2.24. The second-order valence-electron chi connectivity index (χ2n) is 6.76. The van der Waals surface area contributed by atoms with E-state index >= 15 is 0 Å². The number of rotatable bonds is 2. The van der Waals surface area contributed by atoms with E-state index in [1.54, 1.807) is 6.07 Å². The minimum Gasteiger partial charge on any atom is -0.368 e. The van der Waals surface area contributed by atoms with Crippen molar-refractivity contribution in [3.63, 3.8) is 0 Å². The lowest BCUT2D eigenvalue weighted by atomic mass is 9.94. The molecule has 0 aliphatic carbocycles. The van der Waals surface area contributed by atoms with Crippen LogP contribution in [0.2, 0.25) is 0 Å². The Morgan fingerprint density at radius 1 is 1.29 bits per heavy atom. The highest BCUT2D eigenvalue weighted by atomic mass is 19.1. The third kappa shape index (κ3) is 2.71. The van der Waals surface area contributed by atoms with E-state index in [0.29, 0.717) is 17.7 Å². The maximum Gasteiger partial charge on any atom is 0.222 e. The Labute approximate surface area is 141 Å². The molecule has 2 aliphatic rings. The fourth-order valence-electron chi connectivity index (χ4n) is 3.97. The van der Waals surface area contributed by atoms with E-state index in [2.05, 4.69) is 20.2 Å². The maximum atomic E-state index is 13.6. The first-order valence-corrected chi connectivity index (χ1v) is 8.50. The average molecular weight is 327 g/mol. The fourth-order valence-corrected chi connectivity index (χ4v) is 3.97. The van der Waals surface area contributed by atoms with Crippen molar-refractivity contribution in [2.75, 3.05) is 30.3 Å². The van der Waals surface area contributed by atoms with Crippen molar-refractivity contribution in [1.82, 2.24) is 15.3 Å². The number of nitrogens with zero attached hydrogens (tertiary/aromatic N) is 3. The predicted molar refractivity (Wildman–Crippen MR) is 93.3 cm³/mol. The van der Waals surface area contributed by atoms with E-state index in [1.165, 1.54) is 25.0 Å². The van der Waals surface area contributed by atoms with Gasteiger partial charge in [-0.05, 0) is 44.4 Å². The molecule has 0 saturated carbocycles. The number of nitrogens with two attached hydrogens (primary N) is 1. The Balaban J connectivity index is 1.72. The Kier molecular flexibility index (Phi) is 3.84. The standard InChI is InChI=1S/C18H22FN5/c1-11-16(12-4-2-6-14(19)8-12)22-18(20)23-17(11)24-9-13-5-3-7-21-15(13)10-24/h2,4,6,8,13,15,21H,3,5,7,9-10H2,1H3,(H2,20,22,23). The molecule has 1 aromatic carbocycles. The number of hydrogen-bond donors (Lipinski definition) is 2. The van der Waals surface area contributed by atoms with Gasteiger partial charge in [-0.15, -0.1) is 0 Å². The van der Waals surface area contributed by atoms with E-state index in [0.717, 1.165) is 36.6 Å². The summed E-state index contributed by atoms with van der Waals surface area (Å²) in [5.41, 5.74) is 8.35. The lowest BCUT2D eigenvalue weighted by Crippen LogP contribution is -2.40. The van der Waals surface area contributed by atoms with Gasteiger partial charge in [0.25, 0.3) is 0 Å². The van der Waals surface area contributed by atoms with Crippen LogP contribution in [0.1, 0.15) is 18.4 Å². The molecule has 2 saturated heterocycles. The highest BCUT2D eigenvalue weighted by Gasteiger charge is 2.35. The second kappa shape index (κ2) is 6.02. The van der Waals surface area contributed by atoms with Crippen molar-refractivity contribution in [3.8, 4) is 11.3 Å². The van der Waals surface area contributed by atoms with Crippen LogP contribution in [0.25, 0.3) is 11.3 Å². The van der Waals surface area contributed by atoms with Gasteiger partial charge in [0.2, 0.25) is 5.95 Å². The van der Waals surface area contributed by atoms with Crippen molar-refractivity contribution in [3.05, 3.63) is 35.6 Å². The molecule has 3 heterocycles. The van der Waals surface area contributed by atoms with E-state index < -0.39 is 0 Å². The molecule has 3 N–H and O–H groups in total. The largest absolute Gasteiger partial charge is 0.368 e. The molecule has 24 heavy (non-hydrogen) atoms. The van der Waals surface area contributed by atoms with Crippen molar-refractivity contribution in [2.24, 2.45) is 5.92 Å². The second-order valence-corrected chi connectivity index (χ2v) is 6.76. The average Bonchev–Trinajstić information content (AvgIpc) is 3.00. The summed E-state index contributed by atoms with van der Waals surface area (Å²) in [6, 6.07) is 6.99. The van der Waals surface area contributed by atoms with Gasteiger partial charge < -0.3 is 16.0 Å². The summed E-state index contributed by atoms with van der Waals surface area (Å²) < 4.78 is 13.6. The zero-order valence-corrected chi connectivity index (χ0v) is 13.8. The Hall–Kier alpha value is -2.21. The summed E-state index contributed by atoms with van der Waals surface area (Å²) in [4.78, 5) is 11.2. The molecule has 6 heteroatoms.